The molecule has 5 nitrogen and oxygen atoms in total. The van der Waals surface area contributed by atoms with E-state index < -0.39 is 11.8 Å². The molecule has 1 N–H and O–H groups in total. The molecule has 0 saturated carbocycles. The Morgan fingerprint density at radius 1 is 1.10 bits per heavy atom. The van der Waals surface area contributed by atoms with Crippen LogP contribution in [0.15, 0.2) is 24.3 Å². The second-order valence-corrected chi connectivity index (χ2v) is 5.88. The number of anilines is 2. The third-order valence-electron chi connectivity index (χ3n) is 4.02. The Morgan fingerprint density at radius 2 is 1.62 bits per heavy atom. The van der Waals surface area contributed by atoms with Gasteiger partial charge in [0.1, 0.15) is 0 Å². The number of amides is 2. The zero-order valence-corrected chi connectivity index (χ0v) is 13.1. The quantitative estimate of drug-likeness (QED) is 0.848. The Morgan fingerprint density at radius 3 is 2.10 bits per heavy atom. The maximum absolute atomic E-state index is 12.3. The van der Waals surface area contributed by atoms with Crippen LogP contribution in [0.3, 0.4) is 0 Å². The molecule has 0 radical (unpaired) electrons. The number of carbonyl (C=O) groups excluding carboxylic acids is 2. The molecule has 1 aromatic rings. The topological polar surface area (TPSA) is 52.7 Å². The molecule has 0 spiro atoms. The smallest absolute Gasteiger partial charge is 0.313 e. The van der Waals surface area contributed by atoms with E-state index in [2.05, 4.69) is 5.32 Å². The van der Waals surface area contributed by atoms with E-state index in [0.717, 1.165) is 18.5 Å². The second kappa shape index (κ2) is 6.16. The highest BCUT2D eigenvalue weighted by atomic mass is 16.2. The molecule has 1 fully saturated rings. The Hall–Kier alpha value is -2.04. The molecule has 2 amide bonds. The summed E-state index contributed by atoms with van der Waals surface area (Å²) in [6.45, 7) is 3.97. The maximum atomic E-state index is 12.3. The van der Waals surface area contributed by atoms with Crippen molar-refractivity contribution in [3.8, 4) is 0 Å². The number of hydrogen-bond acceptors (Lipinski definition) is 3. The molecule has 1 aromatic carbocycles. The van der Waals surface area contributed by atoms with Crippen molar-refractivity contribution in [3.63, 3.8) is 0 Å². The summed E-state index contributed by atoms with van der Waals surface area (Å²) < 4.78 is 0. The first-order valence-corrected chi connectivity index (χ1v) is 7.31. The Bertz CT molecular complexity index is 515. The number of hydrogen-bond donors (Lipinski definition) is 1. The van der Waals surface area contributed by atoms with E-state index in [9.17, 15) is 9.59 Å². The molecular weight excluding hydrogens is 266 g/mol. The third-order valence-corrected chi connectivity index (χ3v) is 4.02. The zero-order chi connectivity index (χ0) is 15.6. The first-order valence-electron chi connectivity index (χ1n) is 7.31. The molecule has 0 aliphatic carbocycles. The van der Waals surface area contributed by atoms with Crippen molar-refractivity contribution in [1.29, 1.82) is 0 Å². The summed E-state index contributed by atoms with van der Waals surface area (Å²) in [4.78, 5) is 28.0. The van der Waals surface area contributed by atoms with Crippen LogP contribution in [0, 0.1) is 0 Å². The van der Waals surface area contributed by atoms with Gasteiger partial charge in [-0.05, 0) is 51.0 Å². The van der Waals surface area contributed by atoms with E-state index in [1.54, 1.807) is 17.0 Å². The summed E-state index contributed by atoms with van der Waals surface area (Å²) in [6, 6.07) is 7.68. The molecule has 0 aromatic heterocycles. The van der Waals surface area contributed by atoms with Crippen LogP contribution in [0.2, 0.25) is 0 Å². The lowest BCUT2D eigenvalue weighted by molar-refractivity contribution is -0.144. The predicted octanol–water partition coefficient (Wildman–Crippen LogP) is 2.09. The van der Waals surface area contributed by atoms with Crippen LogP contribution in [0.5, 0.6) is 0 Å². The summed E-state index contributed by atoms with van der Waals surface area (Å²) in [5, 5.41) is 2.68. The number of likely N-dealkylation sites (tertiary alicyclic amines) is 1. The predicted molar refractivity (Wildman–Crippen MR) is 84.4 cm³/mol. The Balaban J connectivity index is 2.02. The van der Waals surface area contributed by atoms with Gasteiger partial charge in [0.05, 0.1) is 0 Å². The molecular formula is C16H23N3O2. The van der Waals surface area contributed by atoms with Crippen LogP contribution < -0.4 is 10.2 Å². The van der Waals surface area contributed by atoms with E-state index in [-0.39, 0.29) is 12.1 Å². The summed E-state index contributed by atoms with van der Waals surface area (Å²) in [6.07, 6.45) is 1.91. The van der Waals surface area contributed by atoms with Crippen LogP contribution in [0.1, 0.15) is 26.7 Å². The fraction of sp³-hybridized carbons (Fsp3) is 0.500. The van der Waals surface area contributed by atoms with Crippen molar-refractivity contribution in [3.05, 3.63) is 24.3 Å². The summed E-state index contributed by atoms with van der Waals surface area (Å²) in [5.41, 5.74) is 1.68. The van der Waals surface area contributed by atoms with E-state index in [0.29, 0.717) is 5.69 Å². The van der Waals surface area contributed by atoms with Crippen LogP contribution in [-0.2, 0) is 9.59 Å². The van der Waals surface area contributed by atoms with Crippen LogP contribution in [-0.4, -0.2) is 42.9 Å². The minimum atomic E-state index is -0.562. The molecule has 2 rings (SSSR count). The Kier molecular flexibility index (Phi) is 4.50. The van der Waals surface area contributed by atoms with Gasteiger partial charge in [0.15, 0.2) is 0 Å². The molecule has 21 heavy (non-hydrogen) atoms. The first kappa shape index (κ1) is 15.4. The number of nitrogens with zero attached hydrogens (tertiary/aromatic N) is 2. The zero-order valence-electron chi connectivity index (χ0n) is 13.1. The lowest BCUT2D eigenvalue weighted by Gasteiger charge is -2.25. The van der Waals surface area contributed by atoms with Crippen LogP contribution in [0.4, 0.5) is 11.4 Å². The van der Waals surface area contributed by atoms with Gasteiger partial charge in [0, 0.05) is 37.6 Å². The second-order valence-electron chi connectivity index (χ2n) is 5.88. The van der Waals surface area contributed by atoms with Gasteiger partial charge in [0.25, 0.3) is 0 Å². The van der Waals surface area contributed by atoms with Crippen molar-refractivity contribution in [1.82, 2.24) is 4.90 Å². The van der Waals surface area contributed by atoms with Gasteiger partial charge in [-0.15, -0.1) is 0 Å². The van der Waals surface area contributed by atoms with E-state index in [4.69, 9.17) is 0 Å². The number of nitrogens with one attached hydrogen (secondary N) is 1. The average Bonchev–Trinajstić information content (AvgIpc) is 2.78. The minimum absolute atomic E-state index is 0.134. The molecule has 1 heterocycles. The maximum Gasteiger partial charge on any atom is 0.313 e. The Labute approximate surface area is 125 Å². The fourth-order valence-electron chi connectivity index (χ4n) is 2.74. The lowest BCUT2D eigenvalue weighted by Crippen LogP contribution is -2.44. The molecule has 1 aliphatic heterocycles. The van der Waals surface area contributed by atoms with Gasteiger partial charge in [-0.3, -0.25) is 9.59 Å². The van der Waals surface area contributed by atoms with Crippen molar-refractivity contribution in [2.24, 2.45) is 0 Å². The summed E-state index contributed by atoms with van der Waals surface area (Å²) in [5.74, 6) is -1.00. The highest BCUT2D eigenvalue weighted by molar-refractivity contribution is 6.39. The SMILES string of the molecule is CC1CCC(C)N1C(=O)C(=O)Nc1ccc(N(C)C)cc1. The molecule has 2 atom stereocenters. The van der Waals surface area contributed by atoms with E-state index in [1.807, 2.05) is 45.0 Å². The van der Waals surface area contributed by atoms with E-state index in [1.165, 1.54) is 0 Å². The van der Waals surface area contributed by atoms with E-state index >= 15 is 0 Å². The van der Waals surface area contributed by atoms with Crippen molar-refractivity contribution in [2.45, 2.75) is 38.8 Å². The lowest BCUT2D eigenvalue weighted by atomic mass is 10.2. The van der Waals surface area contributed by atoms with Crippen molar-refractivity contribution >= 4 is 23.2 Å². The van der Waals surface area contributed by atoms with Gasteiger partial charge in [-0.1, -0.05) is 0 Å². The van der Waals surface area contributed by atoms with Gasteiger partial charge in [0.2, 0.25) is 0 Å². The summed E-state index contributed by atoms with van der Waals surface area (Å²) >= 11 is 0. The van der Waals surface area contributed by atoms with Crippen molar-refractivity contribution in [2.75, 3.05) is 24.3 Å². The van der Waals surface area contributed by atoms with Crippen molar-refractivity contribution < 1.29 is 9.59 Å². The van der Waals surface area contributed by atoms with Gasteiger partial charge in [-0.2, -0.15) is 0 Å². The van der Waals surface area contributed by atoms with Crippen LogP contribution >= 0.6 is 0 Å². The molecule has 1 saturated heterocycles. The summed E-state index contributed by atoms with van der Waals surface area (Å²) in [7, 11) is 3.90. The highest BCUT2D eigenvalue weighted by Gasteiger charge is 2.34. The highest BCUT2D eigenvalue weighted by Crippen LogP contribution is 2.24. The average molecular weight is 289 g/mol. The van der Waals surface area contributed by atoms with Gasteiger partial charge < -0.3 is 15.1 Å². The third kappa shape index (κ3) is 3.35. The molecule has 1 aliphatic rings. The van der Waals surface area contributed by atoms with Gasteiger partial charge in [-0.25, -0.2) is 0 Å². The number of carbonyl (C=O) groups is 2. The molecule has 0 bridgehead atoms. The molecule has 2 unspecified atom stereocenters. The van der Waals surface area contributed by atoms with Crippen LogP contribution in [0.25, 0.3) is 0 Å². The first-order chi connectivity index (χ1) is 9.90. The number of rotatable bonds is 2. The fourth-order valence-corrected chi connectivity index (χ4v) is 2.74. The minimum Gasteiger partial charge on any atom is -0.378 e. The van der Waals surface area contributed by atoms with Gasteiger partial charge >= 0.3 is 11.8 Å². The monoisotopic (exact) mass is 289 g/mol. The molecule has 5 heteroatoms. The standard InChI is InChI=1S/C16H23N3O2/c1-11-5-6-12(2)19(11)16(21)15(20)17-13-7-9-14(10-8-13)18(3)4/h7-12H,5-6H2,1-4H3,(H,17,20). The largest absolute Gasteiger partial charge is 0.378 e. The normalized spacial score (nSPS) is 21.2. The molecule has 114 valence electrons. The number of benzene rings is 1.